The summed E-state index contributed by atoms with van der Waals surface area (Å²) in [6.45, 7) is 1.87. The number of nitrogens with one attached hydrogen (secondary N) is 1. The number of aromatic amines is 1. The molecule has 0 aliphatic heterocycles. The van der Waals surface area contributed by atoms with E-state index in [1.54, 1.807) is 24.3 Å². The van der Waals surface area contributed by atoms with Crippen molar-refractivity contribution in [1.29, 1.82) is 5.26 Å². The molecule has 0 aliphatic rings. The maximum Gasteiger partial charge on any atom is 0.417 e. The number of nitrogens with zero attached hydrogens (tertiary/aromatic N) is 1. The van der Waals surface area contributed by atoms with Crippen molar-refractivity contribution in [3.05, 3.63) is 81.6 Å². The lowest BCUT2D eigenvalue weighted by atomic mass is 9.94. The lowest BCUT2D eigenvalue weighted by molar-refractivity contribution is -0.137. The Morgan fingerprint density at radius 3 is 2.38 bits per heavy atom. The minimum absolute atomic E-state index is 0.0410. The number of H-pyrrole nitrogens is 1. The zero-order chi connectivity index (χ0) is 18.9. The molecule has 3 aromatic rings. The Hall–Kier alpha value is -3.33. The predicted molar refractivity (Wildman–Crippen MR) is 92.4 cm³/mol. The minimum atomic E-state index is -4.60. The summed E-state index contributed by atoms with van der Waals surface area (Å²) in [7, 11) is 0. The SMILES string of the molecule is Cc1cccc(-c2cc(-c3ccccc3C(F)(F)F)c(C#N)c(=O)[nH]2)c1. The highest BCUT2D eigenvalue weighted by Gasteiger charge is 2.34. The van der Waals surface area contributed by atoms with Gasteiger partial charge in [-0.05, 0) is 36.2 Å². The second-order valence-electron chi connectivity index (χ2n) is 5.83. The molecule has 0 saturated carbocycles. The van der Waals surface area contributed by atoms with Gasteiger partial charge in [0.2, 0.25) is 0 Å². The summed E-state index contributed by atoms with van der Waals surface area (Å²) in [5.74, 6) is 0. The van der Waals surface area contributed by atoms with Crippen LogP contribution in [0.4, 0.5) is 13.2 Å². The van der Waals surface area contributed by atoms with Gasteiger partial charge in [0.25, 0.3) is 5.56 Å². The summed E-state index contributed by atoms with van der Waals surface area (Å²) in [6, 6.07) is 15.2. The van der Waals surface area contributed by atoms with E-state index in [-0.39, 0.29) is 16.7 Å². The van der Waals surface area contributed by atoms with Gasteiger partial charge in [0, 0.05) is 11.3 Å². The molecule has 0 aliphatic carbocycles. The summed E-state index contributed by atoms with van der Waals surface area (Å²) in [6.07, 6.45) is -4.60. The number of nitriles is 1. The number of aryl methyl sites for hydroxylation is 1. The first-order chi connectivity index (χ1) is 12.3. The van der Waals surface area contributed by atoms with E-state index in [1.807, 2.05) is 13.0 Å². The summed E-state index contributed by atoms with van der Waals surface area (Å²) >= 11 is 0. The molecule has 2 aromatic carbocycles. The largest absolute Gasteiger partial charge is 0.417 e. The number of benzene rings is 2. The quantitative estimate of drug-likeness (QED) is 0.711. The third-order valence-corrected chi connectivity index (χ3v) is 4.00. The standard InChI is InChI=1S/C20H13F3N2O/c1-12-5-4-6-13(9-12)18-10-15(16(11-24)19(26)25-18)14-7-2-3-8-17(14)20(21,22)23/h2-10H,1H3,(H,25,26). The van der Waals surface area contributed by atoms with Crippen molar-refractivity contribution in [1.82, 2.24) is 4.98 Å². The third kappa shape index (κ3) is 3.24. The molecule has 0 atom stereocenters. The molecule has 3 nitrogen and oxygen atoms in total. The number of hydrogen-bond donors (Lipinski definition) is 1. The highest BCUT2D eigenvalue weighted by molar-refractivity contribution is 5.77. The Labute approximate surface area is 147 Å². The van der Waals surface area contributed by atoms with Crippen LogP contribution >= 0.6 is 0 Å². The Balaban J connectivity index is 2.33. The van der Waals surface area contributed by atoms with E-state index in [4.69, 9.17) is 0 Å². The zero-order valence-corrected chi connectivity index (χ0v) is 13.7. The highest BCUT2D eigenvalue weighted by atomic mass is 19.4. The first kappa shape index (κ1) is 17.5. The van der Waals surface area contributed by atoms with Crippen molar-refractivity contribution in [3.8, 4) is 28.5 Å². The van der Waals surface area contributed by atoms with Crippen molar-refractivity contribution in [2.75, 3.05) is 0 Å². The summed E-state index contributed by atoms with van der Waals surface area (Å²) in [5.41, 5.74) is -0.266. The fourth-order valence-corrected chi connectivity index (χ4v) is 2.82. The number of hydrogen-bond acceptors (Lipinski definition) is 2. The molecule has 0 bridgehead atoms. The van der Waals surface area contributed by atoms with E-state index >= 15 is 0 Å². The molecular formula is C20H13F3N2O. The van der Waals surface area contributed by atoms with Crippen molar-refractivity contribution in [2.24, 2.45) is 0 Å². The number of pyridine rings is 1. The van der Waals surface area contributed by atoms with Gasteiger partial charge < -0.3 is 4.98 Å². The first-order valence-corrected chi connectivity index (χ1v) is 7.72. The molecule has 130 valence electrons. The van der Waals surface area contributed by atoms with Gasteiger partial charge in [-0.3, -0.25) is 4.79 Å². The van der Waals surface area contributed by atoms with Crippen LogP contribution in [-0.4, -0.2) is 4.98 Å². The van der Waals surface area contributed by atoms with Crippen LogP contribution in [0.5, 0.6) is 0 Å². The van der Waals surface area contributed by atoms with Crippen molar-refractivity contribution in [2.45, 2.75) is 13.1 Å². The molecule has 0 amide bonds. The van der Waals surface area contributed by atoms with Gasteiger partial charge in [-0.25, -0.2) is 0 Å². The van der Waals surface area contributed by atoms with Gasteiger partial charge in [-0.15, -0.1) is 0 Å². The second kappa shape index (κ2) is 6.52. The van der Waals surface area contributed by atoms with E-state index in [2.05, 4.69) is 4.98 Å². The molecule has 3 rings (SSSR count). The van der Waals surface area contributed by atoms with Crippen LogP contribution < -0.4 is 5.56 Å². The van der Waals surface area contributed by atoms with Crippen molar-refractivity contribution >= 4 is 0 Å². The summed E-state index contributed by atoms with van der Waals surface area (Å²) in [4.78, 5) is 14.9. The molecule has 0 fully saturated rings. The molecule has 0 spiro atoms. The second-order valence-corrected chi connectivity index (χ2v) is 5.83. The van der Waals surface area contributed by atoms with Gasteiger partial charge in [0.15, 0.2) is 0 Å². The molecule has 0 radical (unpaired) electrons. The van der Waals surface area contributed by atoms with Gasteiger partial charge in [0.1, 0.15) is 11.6 Å². The Morgan fingerprint density at radius 2 is 1.73 bits per heavy atom. The molecule has 0 saturated heterocycles. The average molecular weight is 354 g/mol. The zero-order valence-electron chi connectivity index (χ0n) is 13.7. The van der Waals surface area contributed by atoms with Crippen LogP contribution in [0.25, 0.3) is 22.4 Å². The maximum atomic E-state index is 13.4. The van der Waals surface area contributed by atoms with Gasteiger partial charge >= 0.3 is 6.18 Å². The molecule has 26 heavy (non-hydrogen) atoms. The molecule has 1 N–H and O–H groups in total. The van der Waals surface area contributed by atoms with Crippen LogP contribution in [0.2, 0.25) is 0 Å². The Kier molecular flexibility index (Phi) is 4.39. The lowest BCUT2D eigenvalue weighted by Gasteiger charge is -2.14. The van der Waals surface area contributed by atoms with Crippen LogP contribution in [0.3, 0.4) is 0 Å². The monoisotopic (exact) mass is 354 g/mol. The minimum Gasteiger partial charge on any atom is -0.321 e. The third-order valence-electron chi connectivity index (χ3n) is 4.00. The first-order valence-electron chi connectivity index (χ1n) is 7.72. The van der Waals surface area contributed by atoms with Crippen LogP contribution in [-0.2, 0) is 6.18 Å². The van der Waals surface area contributed by atoms with Gasteiger partial charge in [-0.1, -0.05) is 42.0 Å². The maximum absolute atomic E-state index is 13.4. The van der Waals surface area contributed by atoms with Crippen molar-refractivity contribution < 1.29 is 13.2 Å². The summed E-state index contributed by atoms with van der Waals surface area (Å²) in [5, 5.41) is 9.31. The predicted octanol–water partition coefficient (Wildman–Crippen LogP) is 4.91. The van der Waals surface area contributed by atoms with Crippen LogP contribution in [0, 0.1) is 18.3 Å². The van der Waals surface area contributed by atoms with E-state index < -0.39 is 17.3 Å². The van der Waals surface area contributed by atoms with E-state index in [0.29, 0.717) is 11.3 Å². The Morgan fingerprint density at radius 1 is 1.00 bits per heavy atom. The Bertz CT molecular complexity index is 1080. The van der Waals surface area contributed by atoms with Gasteiger partial charge in [0.05, 0.1) is 5.56 Å². The van der Waals surface area contributed by atoms with E-state index in [9.17, 15) is 23.2 Å². The van der Waals surface area contributed by atoms with Crippen LogP contribution in [0.1, 0.15) is 16.7 Å². The fourth-order valence-electron chi connectivity index (χ4n) is 2.82. The normalized spacial score (nSPS) is 11.2. The molecule has 0 unspecified atom stereocenters. The highest BCUT2D eigenvalue weighted by Crippen LogP contribution is 2.38. The van der Waals surface area contributed by atoms with Gasteiger partial charge in [-0.2, -0.15) is 18.4 Å². The number of halogens is 3. The van der Waals surface area contributed by atoms with Crippen molar-refractivity contribution in [3.63, 3.8) is 0 Å². The fraction of sp³-hybridized carbons (Fsp3) is 0.100. The molecular weight excluding hydrogens is 341 g/mol. The smallest absolute Gasteiger partial charge is 0.321 e. The lowest BCUT2D eigenvalue weighted by Crippen LogP contribution is -2.14. The number of aromatic nitrogens is 1. The topological polar surface area (TPSA) is 56.6 Å². The average Bonchev–Trinajstić information content (AvgIpc) is 2.60. The number of alkyl halides is 3. The summed E-state index contributed by atoms with van der Waals surface area (Å²) < 4.78 is 40.1. The molecule has 1 aromatic heterocycles. The molecule has 1 heterocycles. The van der Waals surface area contributed by atoms with E-state index in [1.165, 1.54) is 24.3 Å². The van der Waals surface area contributed by atoms with E-state index in [0.717, 1.165) is 11.6 Å². The number of rotatable bonds is 2. The molecule has 6 heteroatoms. The van der Waals surface area contributed by atoms with Crippen LogP contribution in [0.15, 0.2) is 59.4 Å².